The van der Waals surface area contributed by atoms with Gasteiger partial charge >= 0.3 is 0 Å². The number of halogens is 2. The van der Waals surface area contributed by atoms with Crippen LogP contribution in [0.3, 0.4) is 0 Å². The van der Waals surface area contributed by atoms with Crippen molar-refractivity contribution in [1.29, 1.82) is 0 Å². The smallest absolute Gasteiger partial charge is 0.267 e. The molecule has 1 fully saturated rings. The molecule has 1 rings (SSSR count). The van der Waals surface area contributed by atoms with Crippen molar-refractivity contribution >= 4 is 11.8 Å². The fourth-order valence-corrected chi connectivity index (χ4v) is 2.09. The summed E-state index contributed by atoms with van der Waals surface area (Å²) in [5, 5.41) is 9.18. The van der Waals surface area contributed by atoms with E-state index in [0.717, 1.165) is 5.75 Å². The molecular formula is C6H10F2OS. The second-order valence-electron chi connectivity index (χ2n) is 2.56. The van der Waals surface area contributed by atoms with Crippen LogP contribution in [0.25, 0.3) is 0 Å². The Morgan fingerprint density at radius 1 is 1.50 bits per heavy atom. The molecule has 0 bridgehead atoms. The van der Waals surface area contributed by atoms with Crippen LogP contribution in [0.2, 0.25) is 0 Å². The molecule has 1 saturated heterocycles. The van der Waals surface area contributed by atoms with Crippen LogP contribution in [0.4, 0.5) is 8.78 Å². The van der Waals surface area contributed by atoms with Gasteiger partial charge in [-0.3, -0.25) is 0 Å². The van der Waals surface area contributed by atoms with Gasteiger partial charge in [0.15, 0.2) is 0 Å². The summed E-state index contributed by atoms with van der Waals surface area (Å²) in [7, 11) is 0. The second kappa shape index (κ2) is 3.05. The monoisotopic (exact) mass is 168 g/mol. The van der Waals surface area contributed by atoms with E-state index in [1.165, 1.54) is 11.8 Å². The highest BCUT2D eigenvalue weighted by atomic mass is 32.2. The molecule has 0 amide bonds. The van der Waals surface area contributed by atoms with E-state index in [-0.39, 0.29) is 12.2 Å². The lowest BCUT2D eigenvalue weighted by molar-refractivity contribution is -0.0858. The molecule has 1 unspecified atom stereocenters. The maximum absolute atomic E-state index is 12.0. The first kappa shape index (κ1) is 8.27. The van der Waals surface area contributed by atoms with Crippen molar-refractivity contribution in [3.05, 3.63) is 0 Å². The topological polar surface area (TPSA) is 20.2 Å². The first-order chi connectivity index (χ1) is 4.65. The molecule has 0 aromatic heterocycles. The largest absolute Gasteiger partial charge is 0.383 e. The first-order valence-electron chi connectivity index (χ1n) is 3.23. The Kier molecular flexibility index (Phi) is 2.52. The Balaban J connectivity index is 2.48. The van der Waals surface area contributed by atoms with E-state index in [1.807, 2.05) is 0 Å². The third kappa shape index (κ3) is 1.61. The highest BCUT2D eigenvalue weighted by Gasteiger charge is 2.38. The summed E-state index contributed by atoms with van der Waals surface area (Å²) in [5.41, 5.74) is -1.69. The minimum absolute atomic E-state index is 0.185. The summed E-state index contributed by atoms with van der Waals surface area (Å²) < 4.78 is 24.1. The van der Waals surface area contributed by atoms with Crippen LogP contribution >= 0.6 is 11.8 Å². The van der Waals surface area contributed by atoms with Crippen LogP contribution in [-0.4, -0.2) is 28.6 Å². The SMILES string of the molecule is OC1(C(F)F)CCCSC1. The Morgan fingerprint density at radius 3 is 2.50 bits per heavy atom. The summed E-state index contributed by atoms with van der Waals surface area (Å²) in [5.74, 6) is 1.08. The van der Waals surface area contributed by atoms with Crippen molar-refractivity contribution in [2.45, 2.75) is 24.9 Å². The van der Waals surface area contributed by atoms with Crippen molar-refractivity contribution in [3.63, 3.8) is 0 Å². The Labute approximate surface area is 62.8 Å². The van der Waals surface area contributed by atoms with Crippen LogP contribution < -0.4 is 0 Å². The van der Waals surface area contributed by atoms with Gasteiger partial charge in [-0.1, -0.05) is 0 Å². The average Bonchev–Trinajstić information content (AvgIpc) is 1.89. The molecule has 1 atom stereocenters. The van der Waals surface area contributed by atoms with Gasteiger partial charge in [-0.2, -0.15) is 11.8 Å². The third-order valence-electron chi connectivity index (χ3n) is 1.66. The van der Waals surface area contributed by atoms with Crippen molar-refractivity contribution in [1.82, 2.24) is 0 Å². The average molecular weight is 168 g/mol. The van der Waals surface area contributed by atoms with E-state index in [4.69, 9.17) is 0 Å². The molecule has 1 aliphatic rings. The van der Waals surface area contributed by atoms with Crippen LogP contribution in [0.15, 0.2) is 0 Å². The molecule has 0 aromatic carbocycles. The highest BCUT2D eigenvalue weighted by Crippen LogP contribution is 2.31. The Morgan fingerprint density at radius 2 is 2.20 bits per heavy atom. The minimum atomic E-state index is -2.58. The number of hydrogen-bond acceptors (Lipinski definition) is 2. The second-order valence-corrected chi connectivity index (χ2v) is 3.67. The van der Waals surface area contributed by atoms with Crippen molar-refractivity contribution in [2.24, 2.45) is 0 Å². The predicted molar refractivity (Wildman–Crippen MR) is 37.5 cm³/mol. The highest BCUT2D eigenvalue weighted by molar-refractivity contribution is 7.99. The van der Waals surface area contributed by atoms with Gasteiger partial charge in [0.1, 0.15) is 5.60 Å². The van der Waals surface area contributed by atoms with Crippen molar-refractivity contribution in [2.75, 3.05) is 11.5 Å². The Bertz CT molecular complexity index is 112. The molecule has 0 radical (unpaired) electrons. The van der Waals surface area contributed by atoms with Crippen LogP contribution in [0.5, 0.6) is 0 Å². The van der Waals surface area contributed by atoms with Gasteiger partial charge in [0.25, 0.3) is 6.43 Å². The van der Waals surface area contributed by atoms with E-state index < -0.39 is 12.0 Å². The predicted octanol–water partition coefficient (Wildman–Crippen LogP) is 1.51. The van der Waals surface area contributed by atoms with E-state index in [0.29, 0.717) is 6.42 Å². The first-order valence-corrected chi connectivity index (χ1v) is 4.39. The normalized spacial score (nSPS) is 34.8. The van der Waals surface area contributed by atoms with Gasteiger partial charge in [0, 0.05) is 5.75 Å². The van der Waals surface area contributed by atoms with Gasteiger partial charge in [0.2, 0.25) is 0 Å². The molecule has 1 nitrogen and oxygen atoms in total. The lowest BCUT2D eigenvalue weighted by Crippen LogP contribution is -2.42. The summed E-state index contributed by atoms with van der Waals surface area (Å²) >= 11 is 1.40. The van der Waals surface area contributed by atoms with Crippen molar-refractivity contribution in [3.8, 4) is 0 Å². The van der Waals surface area contributed by atoms with Gasteiger partial charge in [-0.15, -0.1) is 0 Å². The third-order valence-corrected chi connectivity index (χ3v) is 2.94. The minimum Gasteiger partial charge on any atom is -0.383 e. The fourth-order valence-electron chi connectivity index (χ4n) is 0.974. The van der Waals surface area contributed by atoms with Crippen molar-refractivity contribution < 1.29 is 13.9 Å². The summed E-state index contributed by atoms with van der Waals surface area (Å²) in [6, 6.07) is 0. The molecule has 60 valence electrons. The lowest BCUT2D eigenvalue weighted by Gasteiger charge is -2.30. The van der Waals surface area contributed by atoms with Gasteiger partial charge in [0.05, 0.1) is 0 Å². The van der Waals surface area contributed by atoms with Crippen LogP contribution in [0, 0.1) is 0 Å². The van der Waals surface area contributed by atoms with Crippen LogP contribution in [0.1, 0.15) is 12.8 Å². The zero-order valence-corrected chi connectivity index (χ0v) is 6.33. The van der Waals surface area contributed by atoms with E-state index >= 15 is 0 Å². The number of rotatable bonds is 1. The molecule has 1 aliphatic heterocycles. The number of hydrogen-bond donors (Lipinski definition) is 1. The molecular weight excluding hydrogens is 158 g/mol. The van der Waals surface area contributed by atoms with E-state index in [1.54, 1.807) is 0 Å². The summed E-state index contributed by atoms with van der Waals surface area (Å²) in [6.07, 6.45) is -1.64. The molecule has 10 heavy (non-hydrogen) atoms. The van der Waals surface area contributed by atoms with Gasteiger partial charge in [-0.25, -0.2) is 8.78 Å². The molecule has 1 heterocycles. The van der Waals surface area contributed by atoms with Crippen LogP contribution in [-0.2, 0) is 0 Å². The number of thioether (sulfide) groups is 1. The summed E-state index contributed by atoms with van der Waals surface area (Å²) in [4.78, 5) is 0. The maximum atomic E-state index is 12.0. The van der Waals surface area contributed by atoms with E-state index in [2.05, 4.69) is 0 Å². The molecule has 0 aliphatic carbocycles. The number of aliphatic hydroxyl groups is 1. The molecule has 0 aromatic rings. The Hall–Kier alpha value is 0.170. The maximum Gasteiger partial charge on any atom is 0.267 e. The molecule has 1 N–H and O–H groups in total. The number of alkyl halides is 2. The quantitative estimate of drug-likeness (QED) is 0.640. The molecule has 0 saturated carbocycles. The summed E-state index contributed by atoms with van der Waals surface area (Å²) in [6.45, 7) is 0. The lowest BCUT2D eigenvalue weighted by atomic mass is 10.0. The standard InChI is InChI=1S/C6H10F2OS/c7-5(8)6(9)2-1-3-10-4-6/h5,9H,1-4H2. The molecule has 0 spiro atoms. The zero-order valence-electron chi connectivity index (χ0n) is 5.52. The fraction of sp³-hybridized carbons (Fsp3) is 1.00. The van der Waals surface area contributed by atoms with E-state index in [9.17, 15) is 13.9 Å². The molecule has 4 heteroatoms. The van der Waals surface area contributed by atoms with Gasteiger partial charge in [-0.05, 0) is 18.6 Å². The zero-order chi connectivity index (χ0) is 7.61. The van der Waals surface area contributed by atoms with Gasteiger partial charge < -0.3 is 5.11 Å².